The molecule has 0 bridgehead atoms. The molecule has 0 radical (unpaired) electrons. The van der Waals surface area contributed by atoms with Crippen LogP contribution in [0.5, 0.6) is 0 Å². The summed E-state index contributed by atoms with van der Waals surface area (Å²) in [5.41, 5.74) is 2.37. The maximum absolute atomic E-state index is 13.0. The van der Waals surface area contributed by atoms with Gasteiger partial charge in [0, 0.05) is 43.3 Å². The van der Waals surface area contributed by atoms with Crippen LogP contribution in [0, 0.1) is 6.92 Å². The Labute approximate surface area is 157 Å². The van der Waals surface area contributed by atoms with E-state index < -0.39 is 0 Å². The minimum absolute atomic E-state index is 0.0576. The van der Waals surface area contributed by atoms with Crippen LogP contribution in [0.4, 0.5) is 0 Å². The van der Waals surface area contributed by atoms with Gasteiger partial charge in [-0.25, -0.2) is 0 Å². The van der Waals surface area contributed by atoms with Gasteiger partial charge in [-0.05, 0) is 31.9 Å². The minimum atomic E-state index is -0.111. The van der Waals surface area contributed by atoms with Gasteiger partial charge in [-0.15, -0.1) is 0 Å². The van der Waals surface area contributed by atoms with Crippen LogP contribution in [-0.4, -0.2) is 40.4 Å². The van der Waals surface area contributed by atoms with E-state index >= 15 is 0 Å². The zero-order valence-electron chi connectivity index (χ0n) is 15.6. The maximum atomic E-state index is 13.0. The number of carbonyl (C=O) groups is 2. The molecule has 6 nitrogen and oxygen atoms in total. The molecule has 1 aromatic carbocycles. The number of benzene rings is 1. The van der Waals surface area contributed by atoms with E-state index in [0.29, 0.717) is 24.4 Å². The fourth-order valence-electron chi connectivity index (χ4n) is 3.79. The summed E-state index contributed by atoms with van der Waals surface area (Å²) in [5.74, 6) is 0.568. The number of hydrogen-bond acceptors (Lipinski definition) is 3. The Morgan fingerprint density at radius 1 is 1.11 bits per heavy atom. The Kier molecular flexibility index (Phi) is 4.48. The Morgan fingerprint density at radius 3 is 2.56 bits per heavy atom. The highest BCUT2D eigenvalue weighted by molar-refractivity contribution is 6.07. The van der Waals surface area contributed by atoms with Gasteiger partial charge in [-0.2, -0.15) is 0 Å². The first-order valence-corrected chi connectivity index (χ1v) is 9.23. The minimum Gasteiger partial charge on any atom is -0.469 e. The predicted molar refractivity (Wildman–Crippen MR) is 103 cm³/mol. The third-order valence-corrected chi connectivity index (χ3v) is 5.35. The Morgan fingerprint density at radius 2 is 1.85 bits per heavy atom. The lowest BCUT2D eigenvalue weighted by Gasteiger charge is -2.32. The molecule has 1 N–H and O–H groups in total. The summed E-state index contributed by atoms with van der Waals surface area (Å²) >= 11 is 0. The SMILES string of the molecule is Cc1occc1C(=O)NC1CCN(C(=O)c2cn(C)c3ccccc23)CC1. The molecule has 0 unspecified atom stereocenters. The number of furan rings is 1. The molecule has 3 aromatic rings. The van der Waals surface area contributed by atoms with Crippen molar-refractivity contribution in [2.45, 2.75) is 25.8 Å². The molecular weight excluding hydrogens is 342 g/mol. The molecule has 2 aromatic heterocycles. The van der Waals surface area contributed by atoms with Gasteiger partial charge in [-0.3, -0.25) is 9.59 Å². The van der Waals surface area contributed by atoms with E-state index in [4.69, 9.17) is 4.42 Å². The second-order valence-electron chi connectivity index (χ2n) is 7.10. The molecule has 140 valence electrons. The molecule has 4 rings (SSSR count). The molecule has 3 heterocycles. The first-order chi connectivity index (χ1) is 13.0. The first-order valence-electron chi connectivity index (χ1n) is 9.23. The largest absolute Gasteiger partial charge is 0.469 e. The van der Waals surface area contributed by atoms with E-state index in [-0.39, 0.29) is 17.9 Å². The van der Waals surface area contributed by atoms with Crippen molar-refractivity contribution in [2.75, 3.05) is 13.1 Å². The molecule has 1 aliphatic heterocycles. The van der Waals surface area contributed by atoms with Crippen LogP contribution in [0.3, 0.4) is 0 Å². The summed E-state index contributed by atoms with van der Waals surface area (Å²) in [7, 11) is 1.96. The topological polar surface area (TPSA) is 67.5 Å². The molecule has 0 spiro atoms. The van der Waals surface area contributed by atoms with Crippen molar-refractivity contribution in [3.8, 4) is 0 Å². The molecule has 1 fully saturated rings. The predicted octanol–water partition coefficient (Wildman–Crippen LogP) is 3.11. The summed E-state index contributed by atoms with van der Waals surface area (Å²) in [6.07, 6.45) is 4.93. The zero-order chi connectivity index (χ0) is 19.0. The number of likely N-dealkylation sites (tertiary alicyclic amines) is 1. The highest BCUT2D eigenvalue weighted by Crippen LogP contribution is 2.23. The van der Waals surface area contributed by atoms with Crippen LogP contribution in [-0.2, 0) is 7.05 Å². The van der Waals surface area contributed by atoms with Crippen molar-refractivity contribution in [3.63, 3.8) is 0 Å². The molecule has 1 saturated heterocycles. The van der Waals surface area contributed by atoms with Crippen molar-refractivity contribution in [2.24, 2.45) is 7.05 Å². The molecule has 27 heavy (non-hydrogen) atoms. The van der Waals surface area contributed by atoms with Gasteiger partial charge in [0.25, 0.3) is 11.8 Å². The lowest BCUT2D eigenvalue weighted by atomic mass is 10.0. The standard InChI is InChI=1S/C21H23N3O3/c1-14-16(9-12-27-14)20(25)22-15-7-10-24(11-8-15)21(26)18-13-23(2)19-6-4-3-5-17(18)19/h3-6,9,12-13,15H,7-8,10-11H2,1-2H3,(H,22,25). The Bertz CT molecular complexity index is 993. The third-order valence-electron chi connectivity index (χ3n) is 5.35. The van der Waals surface area contributed by atoms with Crippen LogP contribution < -0.4 is 5.32 Å². The monoisotopic (exact) mass is 365 g/mol. The van der Waals surface area contributed by atoms with Gasteiger partial charge in [0.15, 0.2) is 0 Å². The highest BCUT2D eigenvalue weighted by atomic mass is 16.3. The number of fused-ring (bicyclic) bond motifs is 1. The maximum Gasteiger partial charge on any atom is 0.256 e. The van der Waals surface area contributed by atoms with E-state index in [1.54, 1.807) is 13.0 Å². The van der Waals surface area contributed by atoms with Gasteiger partial charge >= 0.3 is 0 Å². The van der Waals surface area contributed by atoms with Gasteiger partial charge in [0.2, 0.25) is 0 Å². The number of nitrogens with zero attached hydrogens (tertiary/aromatic N) is 2. The van der Waals surface area contributed by atoms with Crippen molar-refractivity contribution in [3.05, 3.63) is 59.7 Å². The van der Waals surface area contributed by atoms with Gasteiger partial charge in [0.05, 0.1) is 17.4 Å². The number of carbonyl (C=O) groups excluding carboxylic acids is 2. The van der Waals surface area contributed by atoms with Crippen LogP contribution in [0.15, 0.2) is 47.2 Å². The third kappa shape index (κ3) is 3.23. The first kappa shape index (κ1) is 17.4. The van der Waals surface area contributed by atoms with Crippen molar-refractivity contribution < 1.29 is 14.0 Å². The average molecular weight is 365 g/mol. The zero-order valence-corrected chi connectivity index (χ0v) is 15.6. The van der Waals surface area contributed by atoms with Crippen molar-refractivity contribution >= 4 is 22.7 Å². The lowest BCUT2D eigenvalue weighted by molar-refractivity contribution is 0.0699. The molecule has 6 heteroatoms. The van der Waals surface area contributed by atoms with Crippen LogP contribution in [0.2, 0.25) is 0 Å². The lowest BCUT2D eigenvalue weighted by Crippen LogP contribution is -2.46. The van der Waals surface area contributed by atoms with E-state index in [1.165, 1.54) is 6.26 Å². The summed E-state index contributed by atoms with van der Waals surface area (Å²) in [4.78, 5) is 27.2. The molecule has 0 atom stereocenters. The number of amides is 2. The molecule has 0 saturated carbocycles. The Balaban J connectivity index is 1.41. The smallest absolute Gasteiger partial charge is 0.256 e. The van der Waals surface area contributed by atoms with E-state index in [9.17, 15) is 9.59 Å². The normalized spacial score (nSPS) is 15.3. The number of hydrogen-bond donors (Lipinski definition) is 1. The summed E-state index contributed by atoms with van der Waals surface area (Å²) in [6, 6.07) is 9.70. The number of nitrogens with one attached hydrogen (secondary N) is 1. The number of aryl methyl sites for hydroxylation is 2. The molecule has 2 amide bonds. The second kappa shape index (κ2) is 6.95. The molecule has 0 aliphatic carbocycles. The van der Waals surface area contributed by atoms with Gasteiger partial charge < -0.3 is 19.2 Å². The molecule has 1 aliphatic rings. The fraction of sp³-hybridized carbons (Fsp3) is 0.333. The van der Waals surface area contributed by atoms with Crippen LogP contribution in [0.25, 0.3) is 10.9 Å². The molecular formula is C21H23N3O3. The van der Waals surface area contributed by atoms with E-state index in [0.717, 1.165) is 29.3 Å². The van der Waals surface area contributed by atoms with Gasteiger partial charge in [0.1, 0.15) is 5.76 Å². The quantitative estimate of drug-likeness (QED) is 0.775. The number of para-hydroxylation sites is 1. The van der Waals surface area contributed by atoms with Crippen LogP contribution in [0.1, 0.15) is 39.3 Å². The average Bonchev–Trinajstić information content (AvgIpc) is 3.26. The second-order valence-corrected chi connectivity index (χ2v) is 7.10. The summed E-state index contributed by atoms with van der Waals surface area (Å²) in [5, 5.41) is 4.04. The summed E-state index contributed by atoms with van der Waals surface area (Å²) in [6.45, 7) is 3.05. The highest BCUT2D eigenvalue weighted by Gasteiger charge is 2.27. The van der Waals surface area contributed by atoms with E-state index in [1.807, 2.05) is 47.0 Å². The van der Waals surface area contributed by atoms with Crippen molar-refractivity contribution in [1.29, 1.82) is 0 Å². The van der Waals surface area contributed by atoms with Gasteiger partial charge in [-0.1, -0.05) is 18.2 Å². The van der Waals surface area contributed by atoms with Crippen molar-refractivity contribution in [1.82, 2.24) is 14.8 Å². The van der Waals surface area contributed by atoms with E-state index in [2.05, 4.69) is 5.32 Å². The number of rotatable bonds is 3. The number of aromatic nitrogens is 1. The van der Waals surface area contributed by atoms with Crippen LogP contribution >= 0.6 is 0 Å². The fourth-order valence-corrected chi connectivity index (χ4v) is 3.79. The Hall–Kier alpha value is -3.02. The summed E-state index contributed by atoms with van der Waals surface area (Å²) < 4.78 is 7.18. The number of piperidine rings is 1.